The molecule has 32 heavy (non-hydrogen) atoms. The summed E-state index contributed by atoms with van der Waals surface area (Å²) in [5, 5.41) is 27.6. The number of phenolic OH excluding ortho intramolecular Hbond substituents is 1. The summed E-state index contributed by atoms with van der Waals surface area (Å²) < 4.78 is 0. The molecule has 0 radical (unpaired) electrons. The summed E-state index contributed by atoms with van der Waals surface area (Å²) in [6, 6.07) is 14.9. The first kappa shape index (κ1) is 21.9. The first-order valence-corrected chi connectivity index (χ1v) is 10.9. The number of hydrogen-bond acceptors (Lipinski definition) is 6. The number of rotatable bonds is 6. The second-order valence-electron chi connectivity index (χ2n) is 8.72. The summed E-state index contributed by atoms with van der Waals surface area (Å²) in [6.07, 6.45) is 3.81. The molecule has 0 saturated heterocycles. The zero-order valence-electron chi connectivity index (χ0n) is 18.4. The van der Waals surface area contributed by atoms with Crippen molar-refractivity contribution in [3.63, 3.8) is 0 Å². The predicted octanol–water partition coefficient (Wildman–Crippen LogP) is 3.11. The Morgan fingerprint density at radius 2 is 1.72 bits per heavy atom. The van der Waals surface area contributed by atoms with Crippen LogP contribution in [0.5, 0.6) is 5.75 Å². The number of aromatic hydroxyl groups is 1. The molecule has 1 saturated carbocycles. The smallest absolute Gasteiger partial charge is 0.257 e. The highest BCUT2D eigenvalue weighted by Crippen LogP contribution is 2.40. The summed E-state index contributed by atoms with van der Waals surface area (Å²) in [7, 11) is 3.21. The van der Waals surface area contributed by atoms with Gasteiger partial charge < -0.3 is 25.7 Å². The lowest BCUT2D eigenvalue weighted by Gasteiger charge is -2.43. The molecule has 4 rings (SSSR count). The first-order chi connectivity index (χ1) is 15.3. The summed E-state index contributed by atoms with van der Waals surface area (Å²) in [4.78, 5) is 26.2. The Morgan fingerprint density at radius 1 is 1.03 bits per heavy atom. The van der Waals surface area contributed by atoms with Crippen molar-refractivity contribution >= 4 is 17.4 Å². The van der Waals surface area contributed by atoms with E-state index in [1.165, 1.54) is 11.0 Å². The van der Waals surface area contributed by atoms with E-state index in [0.717, 1.165) is 37.7 Å². The first-order valence-electron chi connectivity index (χ1n) is 10.9. The van der Waals surface area contributed by atoms with Gasteiger partial charge in [0.2, 0.25) is 5.78 Å². The van der Waals surface area contributed by atoms with Gasteiger partial charge in [0, 0.05) is 14.1 Å². The molecule has 2 aromatic carbocycles. The van der Waals surface area contributed by atoms with Crippen LogP contribution in [0.3, 0.4) is 0 Å². The number of nitrogens with one attached hydrogen (secondary N) is 2. The lowest BCUT2D eigenvalue weighted by atomic mass is 9.75. The molecule has 0 aliphatic heterocycles. The minimum Gasteiger partial charge on any atom is -0.505 e. The molecule has 2 aliphatic rings. The van der Waals surface area contributed by atoms with Gasteiger partial charge in [-0.15, -0.1) is 0 Å². The van der Waals surface area contributed by atoms with E-state index in [1.54, 1.807) is 26.2 Å². The number of aliphatic hydroxyl groups excluding tert-OH is 1. The van der Waals surface area contributed by atoms with Crippen LogP contribution in [0.25, 0.3) is 0 Å². The number of anilines is 1. The second kappa shape index (κ2) is 8.67. The van der Waals surface area contributed by atoms with Gasteiger partial charge in [-0.25, -0.2) is 0 Å². The van der Waals surface area contributed by atoms with Crippen molar-refractivity contribution in [2.45, 2.75) is 43.7 Å². The summed E-state index contributed by atoms with van der Waals surface area (Å²) in [6.45, 7) is 0. The molecule has 1 unspecified atom stereocenters. The number of hydrogen-bond donors (Lipinski definition) is 4. The highest BCUT2D eigenvalue weighted by Gasteiger charge is 2.44. The third kappa shape index (κ3) is 3.84. The number of para-hydroxylation sites is 1. The van der Waals surface area contributed by atoms with Crippen LogP contribution in [-0.4, -0.2) is 47.0 Å². The number of amides is 1. The van der Waals surface area contributed by atoms with Crippen LogP contribution in [0.2, 0.25) is 0 Å². The molecule has 7 heteroatoms. The molecule has 4 N–H and O–H groups in total. The zero-order chi connectivity index (χ0) is 22.9. The molecule has 0 spiro atoms. The van der Waals surface area contributed by atoms with E-state index < -0.39 is 11.9 Å². The second-order valence-corrected chi connectivity index (χ2v) is 8.72. The number of aliphatic hydroxyl groups is 1. The van der Waals surface area contributed by atoms with E-state index in [9.17, 15) is 19.8 Å². The maximum Gasteiger partial charge on any atom is 0.257 e. The lowest BCUT2D eigenvalue weighted by Crippen LogP contribution is -2.53. The van der Waals surface area contributed by atoms with Gasteiger partial charge in [0.05, 0.1) is 22.5 Å². The van der Waals surface area contributed by atoms with Crippen LogP contribution in [0, 0.1) is 0 Å². The third-order valence-corrected chi connectivity index (χ3v) is 6.38. The normalized spacial score (nSPS) is 19.8. The maximum absolute atomic E-state index is 12.5. The largest absolute Gasteiger partial charge is 0.505 e. The predicted molar refractivity (Wildman–Crippen MR) is 122 cm³/mol. The van der Waals surface area contributed by atoms with E-state index in [4.69, 9.17) is 0 Å². The van der Waals surface area contributed by atoms with Gasteiger partial charge in [-0.1, -0.05) is 55.7 Å². The quantitative estimate of drug-likeness (QED) is 0.520. The van der Waals surface area contributed by atoms with Crippen LogP contribution in [0.4, 0.5) is 5.69 Å². The lowest BCUT2D eigenvalue weighted by molar-refractivity contribution is -0.124. The van der Waals surface area contributed by atoms with Crippen molar-refractivity contribution < 1.29 is 19.8 Å². The minimum atomic E-state index is -1.24. The Kier molecular flexibility index (Phi) is 5.93. The molecular formula is C25H29N3O4. The van der Waals surface area contributed by atoms with E-state index >= 15 is 0 Å². The SMILES string of the molecule is CN(C)C(=O)c1cccc(NC2=C(NC3(c4ccccc4)CCCCC3)C(O)C2=O)c1O. The molecule has 0 bridgehead atoms. The number of Topliss-reactive ketones (excluding diaryl/α,β-unsaturated/α-hetero) is 1. The van der Waals surface area contributed by atoms with Crippen molar-refractivity contribution in [1.29, 1.82) is 0 Å². The van der Waals surface area contributed by atoms with Crippen molar-refractivity contribution in [3.05, 3.63) is 71.1 Å². The van der Waals surface area contributed by atoms with E-state index in [2.05, 4.69) is 22.8 Å². The number of phenols is 1. The van der Waals surface area contributed by atoms with Crippen LogP contribution < -0.4 is 10.6 Å². The van der Waals surface area contributed by atoms with E-state index in [-0.39, 0.29) is 34.1 Å². The standard InChI is InChI=1S/C25H29N3O4/c1-28(2)24(32)17-12-9-13-18(21(17)29)26-19-20(23(31)22(19)30)27-25(14-7-4-8-15-25)16-10-5-3-6-11-16/h3,5-6,9-13,23,26-27,29,31H,4,7-8,14-15H2,1-2H3. The molecule has 1 atom stereocenters. The van der Waals surface area contributed by atoms with Gasteiger partial charge >= 0.3 is 0 Å². The highest BCUT2D eigenvalue weighted by molar-refractivity contribution is 6.11. The Bertz CT molecular complexity index is 1060. The van der Waals surface area contributed by atoms with Crippen LogP contribution in [-0.2, 0) is 10.3 Å². The van der Waals surface area contributed by atoms with Gasteiger partial charge in [-0.05, 0) is 30.5 Å². The van der Waals surface area contributed by atoms with Crippen LogP contribution in [0.1, 0.15) is 48.0 Å². The molecule has 7 nitrogen and oxygen atoms in total. The number of carbonyl (C=O) groups excluding carboxylic acids is 2. The van der Waals surface area contributed by atoms with Crippen molar-refractivity contribution in [1.82, 2.24) is 10.2 Å². The monoisotopic (exact) mass is 435 g/mol. The highest BCUT2D eigenvalue weighted by atomic mass is 16.3. The Morgan fingerprint density at radius 3 is 2.38 bits per heavy atom. The van der Waals surface area contributed by atoms with Gasteiger partial charge in [-0.3, -0.25) is 9.59 Å². The average molecular weight is 436 g/mol. The molecule has 1 amide bonds. The number of ketones is 1. The van der Waals surface area contributed by atoms with Crippen LogP contribution in [0.15, 0.2) is 59.9 Å². The fraction of sp³-hybridized carbons (Fsp3) is 0.360. The molecule has 0 aromatic heterocycles. The molecule has 1 fully saturated rings. The molecule has 2 aliphatic carbocycles. The van der Waals surface area contributed by atoms with Crippen molar-refractivity contribution in [2.24, 2.45) is 0 Å². The molecule has 168 valence electrons. The number of nitrogens with zero attached hydrogens (tertiary/aromatic N) is 1. The van der Waals surface area contributed by atoms with Gasteiger partial charge in [0.15, 0.2) is 11.9 Å². The fourth-order valence-corrected chi connectivity index (χ4v) is 4.57. The third-order valence-electron chi connectivity index (χ3n) is 6.38. The fourth-order valence-electron chi connectivity index (χ4n) is 4.57. The maximum atomic E-state index is 12.5. The average Bonchev–Trinajstić information content (AvgIpc) is 2.82. The van der Waals surface area contributed by atoms with Gasteiger partial charge in [0.25, 0.3) is 5.91 Å². The van der Waals surface area contributed by atoms with Crippen molar-refractivity contribution in [3.8, 4) is 5.75 Å². The zero-order valence-corrected chi connectivity index (χ0v) is 18.4. The van der Waals surface area contributed by atoms with Crippen LogP contribution >= 0.6 is 0 Å². The van der Waals surface area contributed by atoms with E-state index in [1.807, 2.05) is 18.2 Å². The number of carbonyl (C=O) groups is 2. The molecule has 0 heterocycles. The Hall–Kier alpha value is -3.32. The molecule has 2 aromatic rings. The Labute approximate surface area is 187 Å². The topological polar surface area (TPSA) is 102 Å². The molecular weight excluding hydrogens is 406 g/mol. The Balaban J connectivity index is 1.68. The van der Waals surface area contributed by atoms with Gasteiger partial charge in [-0.2, -0.15) is 0 Å². The summed E-state index contributed by atoms with van der Waals surface area (Å²) in [5.74, 6) is -1.03. The van der Waals surface area contributed by atoms with E-state index in [0.29, 0.717) is 5.70 Å². The van der Waals surface area contributed by atoms with Gasteiger partial charge in [0.1, 0.15) is 5.70 Å². The number of benzene rings is 2. The summed E-state index contributed by atoms with van der Waals surface area (Å²) >= 11 is 0. The van der Waals surface area contributed by atoms with Crippen molar-refractivity contribution in [2.75, 3.05) is 19.4 Å². The summed E-state index contributed by atoms with van der Waals surface area (Å²) in [5.41, 5.74) is 1.76. The minimum absolute atomic E-state index is 0.135.